The molecule has 1 aromatic heterocycles. The summed E-state index contributed by atoms with van der Waals surface area (Å²) >= 11 is 0. The van der Waals surface area contributed by atoms with Crippen LogP contribution in [-0.4, -0.2) is 9.97 Å². The van der Waals surface area contributed by atoms with E-state index in [1.807, 2.05) is 219 Å². The summed E-state index contributed by atoms with van der Waals surface area (Å²) in [6.45, 7) is 0. The lowest BCUT2D eigenvalue weighted by Gasteiger charge is -2.35. The summed E-state index contributed by atoms with van der Waals surface area (Å²) in [5.74, 6) is 0.317. The predicted octanol–water partition coefficient (Wildman–Crippen LogP) is 11.8. The topological polar surface area (TPSA) is 72.9 Å². The summed E-state index contributed by atoms with van der Waals surface area (Å²) in [6, 6.07) is 66.1. The molecule has 2 aliphatic heterocycles. The van der Waals surface area contributed by atoms with Crippen LogP contribution >= 0.6 is 14.9 Å². The summed E-state index contributed by atoms with van der Waals surface area (Å²) in [5, 5.41) is 0. The number of nitrogens with zero attached hydrogens (tertiary/aromatic N) is 6. The molecule has 56 heavy (non-hydrogen) atoms. The van der Waals surface area contributed by atoms with Crippen molar-refractivity contribution in [3.05, 3.63) is 206 Å². The highest BCUT2D eigenvalue weighted by molar-refractivity contribution is 7.77. The maximum atomic E-state index is 17.0. The molecule has 0 saturated carbocycles. The van der Waals surface area contributed by atoms with Crippen molar-refractivity contribution in [1.82, 2.24) is 9.97 Å². The van der Waals surface area contributed by atoms with Gasteiger partial charge in [0.1, 0.15) is 10.9 Å². The number of hydrogen-bond acceptors (Lipinski definition) is 4. The first kappa shape index (κ1) is 33.8. The van der Waals surface area contributed by atoms with Crippen LogP contribution in [0.1, 0.15) is 0 Å². The molecule has 0 radical (unpaired) electrons. The number of fused-ring (bicyclic) bond motifs is 2. The molecular formula is C46H34N6O2P2. The van der Waals surface area contributed by atoms with E-state index in [0.717, 1.165) is 45.5 Å². The van der Waals surface area contributed by atoms with Gasteiger partial charge in [0.25, 0.3) is 0 Å². The Morgan fingerprint density at radius 2 is 0.571 bits per heavy atom. The Morgan fingerprint density at radius 1 is 0.321 bits per heavy atom. The Bertz CT molecular complexity index is 2480. The SMILES string of the molecule is O=P1(c2cc(P3(=O)N(c4ccccc4)c4ccccc4N3c3ccccc3)nc(-c3ccccc3)n2)N(c2ccccc2)c2ccccc2N1c1ccccc1. The third-order valence-electron chi connectivity index (χ3n) is 10.1. The Labute approximate surface area is 325 Å². The number of anilines is 8. The Hall–Kier alpha value is -6.72. The van der Waals surface area contributed by atoms with Gasteiger partial charge in [-0.15, -0.1) is 0 Å². The van der Waals surface area contributed by atoms with Crippen molar-refractivity contribution in [2.75, 3.05) is 18.7 Å². The largest absolute Gasteiger partial charge is 0.319 e. The van der Waals surface area contributed by atoms with Gasteiger partial charge in [0.15, 0.2) is 5.82 Å². The summed E-state index contributed by atoms with van der Waals surface area (Å²) in [5.41, 5.74) is 7.22. The molecule has 0 unspecified atom stereocenters. The van der Waals surface area contributed by atoms with E-state index in [-0.39, 0.29) is 10.9 Å². The molecular weight excluding hydrogens is 730 g/mol. The van der Waals surface area contributed by atoms with E-state index in [2.05, 4.69) is 0 Å². The molecule has 8 aromatic rings. The van der Waals surface area contributed by atoms with Crippen molar-refractivity contribution in [3.8, 4) is 11.4 Å². The highest BCUT2D eigenvalue weighted by Gasteiger charge is 2.54. The zero-order chi connectivity index (χ0) is 37.7. The summed E-state index contributed by atoms with van der Waals surface area (Å²) in [4.78, 5) is 10.4. The van der Waals surface area contributed by atoms with Crippen LogP contribution in [0.3, 0.4) is 0 Å². The maximum absolute atomic E-state index is 17.0. The lowest BCUT2D eigenvalue weighted by atomic mass is 10.2. The molecule has 270 valence electrons. The van der Waals surface area contributed by atoms with Crippen molar-refractivity contribution >= 4 is 71.3 Å². The van der Waals surface area contributed by atoms with Gasteiger partial charge in [-0.1, -0.05) is 127 Å². The van der Waals surface area contributed by atoms with Crippen molar-refractivity contribution in [2.24, 2.45) is 0 Å². The van der Waals surface area contributed by atoms with Crippen LogP contribution in [-0.2, 0) is 9.13 Å². The fourth-order valence-corrected chi connectivity index (χ4v) is 13.7. The zero-order valence-electron chi connectivity index (χ0n) is 30.0. The van der Waals surface area contributed by atoms with Crippen LogP contribution in [0.15, 0.2) is 206 Å². The second-order valence-electron chi connectivity index (χ2n) is 13.4. The monoisotopic (exact) mass is 764 g/mol. The Kier molecular flexibility index (Phi) is 8.18. The Morgan fingerprint density at radius 3 is 0.857 bits per heavy atom. The molecule has 0 aliphatic carbocycles. The smallest absolute Gasteiger partial charge is 0.269 e. The maximum Gasteiger partial charge on any atom is 0.319 e. The van der Waals surface area contributed by atoms with Crippen molar-refractivity contribution in [3.63, 3.8) is 0 Å². The third-order valence-corrected chi connectivity index (χ3v) is 15.7. The second-order valence-corrected chi connectivity index (χ2v) is 18.1. The molecule has 0 amide bonds. The second kappa shape index (κ2) is 13.5. The minimum Gasteiger partial charge on any atom is -0.269 e. The molecule has 3 heterocycles. The van der Waals surface area contributed by atoms with Crippen LogP contribution < -0.4 is 29.6 Å². The van der Waals surface area contributed by atoms with E-state index in [0.29, 0.717) is 11.4 Å². The van der Waals surface area contributed by atoms with E-state index in [9.17, 15) is 0 Å². The first-order valence-electron chi connectivity index (χ1n) is 18.3. The van der Waals surface area contributed by atoms with Gasteiger partial charge in [0, 0.05) is 34.4 Å². The normalized spacial score (nSPS) is 15.1. The van der Waals surface area contributed by atoms with E-state index < -0.39 is 14.9 Å². The average molecular weight is 765 g/mol. The first-order valence-corrected chi connectivity index (χ1v) is 21.6. The average Bonchev–Trinajstić information content (AvgIpc) is 3.71. The van der Waals surface area contributed by atoms with Gasteiger partial charge in [-0.25, -0.2) is 9.97 Å². The van der Waals surface area contributed by atoms with Crippen molar-refractivity contribution < 1.29 is 9.13 Å². The van der Waals surface area contributed by atoms with Crippen molar-refractivity contribution in [2.45, 2.75) is 0 Å². The van der Waals surface area contributed by atoms with Crippen LogP contribution in [0.2, 0.25) is 0 Å². The number of hydrogen-bond donors (Lipinski definition) is 0. The zero-order valence-corrected chi connectivity index (χ0v) is 31.8. The molecule has 0 bridgehead atoms. The molecule has 10 rings (SSSR count). The van der Waals surface area contributed by atoms with Gasteiger partial charge in [-0.3, -0.25) is 27.8 Å². The standard InChI is InChI=1S/C46H34N6O2P2/c53-55(49(36-22-8-2-9-23-36)40-30-16-17-31-41(40)50(55)37-24-10-3-11-25-37)44-34-45(48-46(47-44)35-20-6-1-7-21-35)56(54)51(38-26-12-4-13-27-38)42-32-18-19-33-43(42)52(56)39-28-14-5-15-29-39/h1-34H. The molecule has 2 aliphatic rings. The van der Waals surface area contributed by atoms with Gasteiger partial charge in [0.2, 0.25) is 0 Å². The molecule has 10 heteroatoms. The van der Waals surface area contributed by atoms with Crippen LogP contribution in [0.25, 0.3) is 11.4 Å². The first-order chi connectivity index (χ1) is 27.6. The number of aromatic nitrogens is 2. The molecule has 0 N–H and O–H groups in total. The molecule has 0 saturated heterocycles. The van der Waals surface area contributed by atoms with Gasteiger partial charge >= 0.3 is 14.9 Å². The number of rotatable bonds is 7. The molecule has 0 spiro atoms. The molecule has 0 atom stereocenters. The summed E-state index contributed by atoms with van der Waals surface area (Å²) < 4.78 is 41.5. The summed E-state index contributed by atoms with van der Waals surface area (Å²) in [6.07, 6.45) is 0. The molecule has 7 aromatic carbocycles. The molecule has 0 fully saturated rings. The highest BCUT2D eigenvalue weighted by Crippen LogP contribution is 2.72. The van der Waals surface area contributed by atoms with E-state index in [4.69, 9.17) is 9.97 Å². The fraction of sp³-hybridized carbons (Fsp3) is 0. The number of benzene rings is 7. The van der Waals surface area contributed by atoms with Crippen LogP contribution in [0.5, 0.6) is 0 Å². The van der Waals surface area contributed by atoms with Gasteiger partial charge in [-0.2, -0.15) is 0 Å². The van der Waals surface area contributed by atoms with Gasteiger partial charge in [-0.05, 0) is 72.8 Å². The predicted molar refractivity (Wildman–Crippen MR) is 229 cm³/mol. The minimum absolute atomic E-state index is 0.248. The third kappa shape index (κ3) is 5.22. The van der Waals surface area contributed by atoms with E-state index >= 15 is 9.13 Å². The molecule has 8 nitrogen and oxygen atoms in total. The van der Waals surface area contributed by atoms with Crippen LogP contribution in [0.4, 0.5) is 45.5 Å². The number of para-hydroxylation sites is 8. The quantitative estimate of drug-likeness (QED) is 0.149. The van der Waals surface area contributed by atoms with Crippen molar-refractivity contribution in [1.29, 1.82) is 0 Å². The van der Waals surface area contributed by atoms with Gasteiger partial charge in [0.05, 0.1) is 22.7 Å². The summed E-state index contributed by atoms with van der Waals surface area (Å²) in [7, 11) is -8.02. The van der Waals surface area contributed by atoms with E-state index in [1.165, 1.54) is 0 Å². The van der Waals surface area contributed by atoms with Gasteiger partial charge < -0.3 is 0 Å². The fourth-order valence-electron chi connectivity index (χ4n) is 7.71. The Balaban J connectivity index is 1.31. The van der Waals surface area contributed by atoms with Crippen LogP contribution in [0, 0.1) is 0 Å². The minimum atomic E-state index is -4.01. The highest BCUT2D eigenvalue weighted by atomic mass is 31.2. The lowest BCUT2D eigenvalue weighted by Crippen LogP contribution is -2.35. The lowest BCUT2D eigenvalue weighted by molar-refractivity contribution is 0.582. The van der Waals surface area contributed by atoms with E-state index in [1.54, 1.807) is 6.07 Å².